The second-order valence-electron chi connectivity index (χ2n) is 6.29. The average molecular weight is 307 g/mol. The minimum atomic E-state index is 0.489. The molecule has 0 aromatic carbocycles. The second kappa shape index (κ2) is 18.2. The molecular weight excluding hydrogens is 268 g/mol. The van der Waals surface area contributed by atoms with Gasteiger partial charge in [-0.3, -0.25) is 4.79 Å². The normalized spacial score (nSPS) is 11.7. The summed E-state index contributed by atoms with van der Waals surface area (Å²) >= 11 is 0. The van der Waals surface area contributed by atoms with Gasteiger partial charge in [-0.1, -0.05) is 62.8 Å². The number of allylic oxidation sites excluding steroid dienone is 4. The van der Waals surface area contributed by atoms with Crippen molar-refractivity contribution in [3.05, 3.63) is 24.3 Å². The van der Waals surface area contributed by atoms with E-state index < -0.39 is 0 Å². The van der Waals surface area contributed by atoms with Crippen molar-refractivity contribution in [1.82, 2.24) is 0 Å². The van der Waals surface area contributed by atoms with Crippen LogP contribution in [0.3, 0.4) is 0 Å². The molecule has 0 spiro atoms. The largest absolute Gasteiger partial charge is 0.300 e. The molecular formula is C21H38O. The highest BCUT2D eigenvalue weighted by molar-refractivity contribution is 5.78. The molecule has 0 aliphatic rings. The van der Waals surface area contributed by atoms with Crippen LogP contribution in [0.5, 0.6) is 0 Å². The average Bonchev–Trinajstić information content (AvgIpc) is 2.52. The van der Waals surface area contributed by atoms with Gasteiger partial charge in [-0.2, -0.15) is 0 Å². The van der Waals surface area contributed by atoms with E-state index in [0.717, 1.165) is 25.7 Å². The van der Waals surface area contributed by atoms with E-state index >= 15 is 0 Å². The number of unbranched alkanes of at least 4 members (excludes halogenated alkanes) is 10. The zero-order valence-corrected chi connectivity index (χ0v) is 15.1. The summed E-state index contributed by atoms with van der Waals surface area (Å²) in [4.78, 5) is 11.8. The lowest BCUT2D eigenvalue weighted by atomic mass is 10.0. The van der Waals surface area contributed by atoms with E-state index in [1.54, 1.807) is 0 Å². The Hall–Kier alpha value is -0.850. The summed E-state index contributed by atoms with van der Waals surface area (Å²) in [5.41, 5.74) is 0. The molecule has 1 heteroatoms. The minimum Gasteiger partial charge on any atom is -0.300 e. The molecule has 0 unspecified atom stereocenters. The third-order valence-electron chi connectivity index (χ3n) is 4.12. The predicted molar refractivity (Wildman–Crippen MR) is 99.3 cm³/mol. The molecule has 0 aromatic heterocycles. The van der Waals surface area contributed by atoms with Gasteiger partial charge in [-0.15, -0.1) is 0 Å². The number of rotatable bonds is 16. The van der Waals surface area contributed by atoms with Crippen LogP contribution in [0.4, 0.5) is 0 Å². The first kappa shape index (κ1) is 21.1. The topological polar surface area (TPSA) is 17.1 Å². The Kier molecular flexibility index (Phi) is 17.5. The Balaban J connectivity index is 3.19. The van der Waals surface area contributed by atoms with Gasteiger partial charge in [-0.05, 0) is 52.4 Å². The fourth-order valence-electron chi connectivity index (χ4n) is 2.69. The van der Waals surface area contributed by atoms with Crippen molar-refractivity contribution in [2.75, 3.05) is 0 Å². The Morgan fingerprint density at radius 3 is 1.36 bits per heavy atom. The van der Waals surface area contributed by atoms with E-state index in [1.807, 2.05) is 0 Å². The fraction of sp³-hybridized carbons (Fsp3) is 0.762. The van der Waals surface area contributed by atoms with Gasteiger partial charge in [-0.25, -0.2) is 0 Å². The van der Waals surface area contributed by atoms with E-state index in [4.69, 9.17) is 0 Å². The maximum atomic E-state index is 11.8. The van der Waals surface area contributed by atoms with E-state index in [2.05, 4.69) is 38.2 Å². The molecule has 0 bridgehead atoms. The minimum absolute atomic E-state index is 0.489. The zero-order valence-electron chi connectivity index (χ0n) is 15.1. The summed E-state index contributed by atoms with van der Waals surface area (Å²) in [5.74, 6) is 0.489. The molecule has 0 saturated carbocycles. The molecule has 0 saturated heterocycles. The van der Waals surface area contributed by atoms with Crippen molar-refractivity contribution in [2.24, 2.45) is 0 Å². The van der Waals surface area contributed by atoms with Crippen molar-refractivity contribution in [2.45, 2.75) is 104 Å². The number of hydrogen-bond donors (Lipinski definition) is 0. The molecule has 0 amide bonds. The third kappa shape index (κ3) is 17.2. The highest BCUT2D eigenvalue weighted by atomic mass is 16.1. The van der Waals surface area contributed by atoms with E-state index in [1.165, 1.54) is 64.2 Å². The first-order valence-corrected chi connectivity index (χ1v) is 9.55. The summed E-state index contributed by atoms with van der Waals surface area (Å²) in [6.07, 6.45) is 25.2. The lowest BCUT2D eigenvalue weighted by molar-refractivity contribution is -0.119. The van der Waals surface area contributed by atoms with Crippen LogP contribution in [-0.4, -0.2) is 5.78 Å². The lowest BCUT2D eigenvalue weighted by Gasteiger charge is -2.02. The summed E-state index contributed by atoms with van der Waals surface area (Å²) in [6.45, 7) is 4.16. The van der Waals surface area contributed by atoms with Gasteiger partial charge in [0.05, 0.1) is 0 Å². The maximum absolute atomic E-state index is 11.8. The van der Waals surface area contributed by atoms with Crippen LogP contribution < -0.4 is 0 Å². The number of hydrogen-bond acceptors (Lipinski definition) is 1. The second-order valence-corrected chi connectivity index (χ2v) is 6.29. The van der Waals surface area contributed by atoms with Crippen molar-refractivity contribution < 1.29 is 4.79 Å². The van der Waals surface area contributed by atoms with Gasteiger partial charge in [0.2, 0.25) is 0 Å². The summed E-state index contributed by atoms with van der Waals surface area (Å²) in [7, 11) is 0. The van der Waals surface area contributed by atoms with Gasteiger partial charge < -0.3 is 0 Å². The van der Waals surface area contributed by atoms with Crippen LogP contribution >= 0.6 is 0 Å². The number of carbonyl (C=O) groups is 1. The molecule has 0 radical (unpaired) electrons. The quantitative estimate of drug-likeness (QED) is 0.218. The van der Waals surface area contributed by atoms with Crippen molar-refractivity contribution in [3.8, 4) is 0 Å². The summed E-state index contributed by atoms with van der Waals surface area (Å²) < 4.78 is 0. The van der Waals surface area contributed by atoms with Crippen molar-refractivity contribution in [1.29, 1.82) is 0 Å². The lowest BCUT2D eigenvalue weighted by Crippen LogP contribution is -1.97. The highest BCUT2D eigenvalue weighted by Gasteiger charge is 2.01. The van der Waals surface area contributed by atoms with E-state index in [9.17, 15) is 4.79 Å². The molecule has 0 aliphatic heterocycles. The standard InChI is InChI=1S/C21H38O/c1-3-5-7-9-11-13-15-17-19-21(22)20-18-16-14-12-10-8-6-4-2/h3-6H,7-20H2,1-2H3/b5-3-,6-4-. The van der Waals surface area contributed by atoms with Gasteiger partial charge in [0, 0.05) is 12.8 Å². The Morgan fingerprint density at radius 1 is 0.591 bits per heavy atom. The van der Waals surface area contributed by atoms with Crippen LogP contribution in [-0.2, 0) is 4.79 Å². The third-order valence-corrected chi connectivity index (χ3v) is 4.12. The highest BCUT2D eigenvalue weighted by Crippen LogP contribution is 2.11. The van der Waals surface area contributed by atoms with Crippen LogP contribution in [0.15, 0.2) is 24.3 Å². The van der Waals surface area contributed by atoms with Crippen LogP contribution in [0, 0.1) is 0 Å². The monoisotopic (exact) mass is 306 g/mol. The molecule has 0 aliphatic carbocycles. The molecule has 0 aromatic rings. The van der Waals surface area contributed by atoms with Gasteiger partial charge in [0.25, 0.3) is 0 Å². The molecule has 0 atom stereocenters. The predicted octanol–water partition coefficient (Wildman–Crippen LogP) is 7.17. The van der Waals surface area contributed by atoms with Crippen molar-refractivity contribution >= 4 is 5.78 Å². The molecule has 0 N–H and O–H groups in total. The molecule has 0 heterocycles. The fourth-order valence-corrected chi connectivity index (χ4v) is 2.69. The zero-order chi connectivity index (χ0) is 16.3. The number of Topliss-reactive ketones (excluding diaryl/α,β-unsaturated/α-hetero) is 1. The number of carbonyl (C=O) groups excluding carboxylic acids is 1. The van der Waals surface area contributed by atoms with Gasteiger partial charge in [0.15, 0.2) is 0 Å². The molecule has 0 fully saturated rings. The Morgan fingerprint density at radius 2 is 0.955 bits per heavy atom. The molecule has 22 heavy (non-hydrogen) atoms. The van der Waals surface area contributed by atoms with Gasteiger partial charge >= 0.3 is 0 Å². The summed E-state index contributed by atoms with van der Waals surface area (Å²) in [5, 5.41) is 0. The smallest absolute Gasteiger partial charge is 0.132 e. The molecule has 1 nitrogen and oxygen atoms in total. The first-order valence-electron chi connectivity index (χ1n) is 9.55. The van der Waals surface area contributed by atoms with Crippen LogP contribution in [0.2, 0.25) is 0 Å². The van der Waals surface area contributed by atoms with Crippen LogP contribution in [0.1, 0.15) is 104 Å². The van der Waals surface area contributed by atoms with E-state index in [-0.39, 0.29) is 0 Å². The van der Waals surface area contributed by atoms with Crippen LogP contribution in [0.25, 0.3) is 0 Å². The van der Waals surface area contributed by atoms with E-state index in [0.29, 0.717) is 5.78 Å². The van der Waals surface area contributed by atoms with Crippen molar-refractivity contribution in [3.63, 3.8) is 0 Å². The Labute approximate surface area is 139 Å². The summed E-state index contributed by atoms with van der Waals surface area (Å²) in [6, 6.07) is 0. The number of ketones is 1. The Bertz CT molecular complexity index is 260. The first-order chi connectivity index (χ1) is 10.8. The van der Waals surface area contributed by atoms with Gasteiger partial charge in [0.1, 0.15) is 5.78 Å². The molecule has 0 rings (SSSR count). The molecule has 128 valence electrons. The maximum Gasteiger partial charge on any atom is 0.132 e. The SMILES string of the molecule is C/C=C\CCCCCCCC(=O)CCCCCCC/C=C\C.